The Morgan fingerprint density at radius 2 is 1.82 bits per heavy atom. The number of phenols is 1. The van der Waals surface area contributed by atoms with Crippen LogP contribution in [0.15, 0.2) is 42.6 Å². The molecule has 14 atom stereocenters. The molecule has 5 heterocycles. The van der Waals surface area contributed by atoms with Crippen molar-refractivity contribution in [1.82, 2.24) is 9.88 Å². The maximum atomic E-state index is 15.7. The molecule has 5 fully saturated rings. The van der Waals surface area contributed by atoms with Crippen molar-refractivity contribution < 1.29 is 63.9 Å². The quantitative estimate of drug-likeness (QED) is 0.0789. The number of carbonyl (C=O) groups is 2. The first-order valence-electron chi connectivity index (χ1n) is 32.6. The largest absolute Gasteiger partial charge is 0.506 e. The van der Waals surface area contributed by atoms with Crippen molar-refractivity contribution in [3.05, 3.63) is 109 Å². The SMILES string of the molecule is COc1c2c3c4c(O)c(c5c6c4c1CCC6=C[C@@H]1CCC[C@H]51)C(=O)CN1Cc4c(cccc4C1=O)CC#CO[C@H]1[C@H](O)[C@@H](CO[C@@H](c4c[nH]c5cc6c7c(c45)C[C@@]4(CC[C@H](CCCO)C4)C[C@H]4C[C@@H]5CCC[C@]5(O)C[C@@]74CC6)/C=C/2)O[C@H](O3)[C@@]1(O)CO. The number of aromatic amines is 1. The number of rotatable bonds is 6. The first-order valence-corrected chi connectivity index (χ1v) is 32.6. The van der Waals surface area contributed by atoms with Crippen LogP contribution in [-0.4, -0.2) is 121 Å². The summed E-state index contributed by atoms with van der Waals surface area (Å²) in [7, 11) is 1.61. The van der Waals surface area contributed by atoms with Gasteiger partial charge in [-0.05, 0) is 207 Å². The van der Waals surface area contributed by atoms with Crippen molar-refractivity contribution in [3.8, 4) is 29.3 Å². The van der Waals surface area contributed by atoms with Crippen LogP contribution in [0.1, 0.15) is 191 Å². The Hall–Kier alpha value is -6.22. The highest BCUT2D eigenvalue weighted by Crippen LogP contribution is 2.68. The molecule has 0 radical (unpaired) electrons. The molecule has 1 amide bonds. The number of H-pyrrole nitrogens is 1. The lowest BCUT2D eigenvalue weighted by Crippen LogP contribution is -2.70. The molecule has 15 nitrogen and oxygen atoms in total. The van der Waals surface area contributed by atoms with E-state index in [0.29, 0.717) is 52.9 Å². The van der Waals surface area contributed by atoms with E-state index in [1.54, 1.807) is 24.1 Å². The topological polar surface area (TPSA) is 221 Å². The Balaban J connectivity index is 0.898. The average Bonchev–Trinajstić information content (AvgIpc) is 1.69. The minimum absolute atomic E-state index is 0.0228. The van der Waals surface area contributed by atoms with E-state index < -0.39 is 54.3 Å². The van der Waals surface area contributed by atoms with Crippen LogP contribution in [0.25, 0.3) is 33.3 Å². The number of ether oxygens (including phenoxy) is 5. The minimum Gasteiger partial charge on any atom is -0.506 e. The molecule has 454 valence electrons. The van der Waals surface area contributed by atoms with E-state index in [2.05, 4.69) is 35.4 Å². The summed E-state index contributed by atoms with van der Waals surface area (Å²) in [5.41, 5.74) is 8.65. The summed E-state index contributed by atoms with van der Waals surface area (Å²) in [6.45, 7) is -1.19. The summed E-state index contributed by atoms with van der Waals surface area (Å²) in [6.07, 6.45) is 21.8. The molecule has 4 saturated carbocycles. The molecule has 0 unspecified atom stereocenters. The predicted octanol–water partition coefficient (Wildman–Crippen LogP) is 9.61. The van der Waals surface area contributed by atoms with Gasteiger partial charge >= 0.3 is 0 Å². The van der Waals surface area contributed by atoms with E-state index in [9.17, 15) is 35.4 Å². The molecule has 12 aliphatic rings. The number of nitrogens with one attached hydrogen (secondary N) is 1. The fraction of sp³-hybridized carbons (Fsp3) is 0.556. The van der Waals surface area contributed by atoms with E-state index in [1.165, 1.54) is 16.7 Å². The number of phenolic OH excluding ortho intramolecular Hbond substituents is 1. The Kier molecular flexibility index (Phi) is 12.5. The van der Waals surface area contributed by atoms with E-state index in [1.807, 2.05) is 18.2 Å². The number of hydrogen-bond acceptors (Lipinski definition) is 13. The van der Waals surface area contributed by atoms with Gasteiger partial charge in [0.2, 0.25) is 6.29 Å². The van der Waals surface area contributed by atoms with Crippen LogP contribution in [-0.2, 0) is 51.9 Å². The molecule has 17 rings (SSSR count). The molecule has 87 heavy (non-hydrogen) atoms. The van der Waals surface area contributed by atoms with Gasteiger partial charge in [-0.3, -0.25) is 9.59 Å². The molecule has 8 bridgehead atoms. The first kappa shape index (κ1) is 54.9. The zero-order valence-electron chi connectivity index (χ0n) is 49.6. The average molecular weight is 1180 g/mol. The molecule has 7 N–H and O–H groups in total. The van der Waals surface area contributed by atoms with Gasteiger partial charge in [-0.25, -0.2) is 0 Å². The van der Waals surface area contributed by atoms with Gasteiger partial charge in [0.15, 0.2) is 17.5 Å². The molecule has 4 aromatic carbocycles. The number of benzene rings is 4. The monoisotopic (exact) mass is 1180 g/mol. The van der Waals surface area contributed by atoms with Crippen molar-refractivity contribution in [1.29, 1.82) is 0 Å². The number of ketones is 1. The third-order valence-electron chi connectivity index (χ3n) is 24.4. The van der Waals surface area contributed by atoms with Crippen molar-refractivity contribution in [2.45, 2.75) is 188 Å². The van der Waals surface area contributed by atoms with Gasteiger partial charge < -0.3 is 64.2 Å². The van der Waals surface area contributed by atoms with Crippen LogP contribution in [0.5, 0.6) is 17.2 Å². The Morgan fingerprint density at radius 3 is 2.68 bits per heavy atom. The van der Waals surface area contributed by atoms with Gasteiger partial charge in [0.05, 0.1) is 49.0 Å². The van der Waals surface area contributed by atoms with Gasteiger partial charge in [-0.1, -0.05) is 43.0 Å². The van der Waals surface area contributed by atoms with Crippen LogP contribution in [0.3, 0.4) is 0 Å². The molecule has 1 aromatic heterocycles. The number of aryl methyl sites for hydroxylation is 2. The summed E-state index contributed by atoms with van der Waals surface area (Å²) in [5, 5.41) is 75.5. The van der Waals surface area contributed by atoms with E-state index in [4.69, 9.17) is 23.7 Å². The fourth-order valence-electron chi connectivity index (χ4n) is 20.7. The van der Waals surface area contributed by atoms with Crippen LogP contribution < -0.4 is 9.47 Å². The Bertz CT molecular complexity index is 3930. The number of nitrogens with zero attached hydrogens (tertiary/aromatic N) is 1. The number of aromatic nitrogens is 1. The molecule has 15 heteroatoms. The zero-order valence-corrected chi connectivity index (χ0v) is 49.6. The van der Waals surface area contributed by atoms with Crippen molar-refractivity contribution in [3.63, 3.8) is 0 Å². The van der Waals surface area contributed by atoms with Gasteiger partial charge in [0, 0.05) is 64.2 Å². The van der Waals surface area contributed by atoms with Gasteiger partial charge in [-0.2, -0.15) is 0 Å². The van der Waals surface area contributed by atoms with E-state index in [-0.39, 0.29) is 83.7 Å². The highest BCUT2D eigenvalue weighted by molar-refractivity contribution is 6.17. The number of fused-ring (bicyclic) bond motifs is 10. The summed E-state index contributed by atoms with van der Waals surface area (Å²) in [6, 6.07) is 7.78. The third kappa shape index (κ3) is 7.86. The fourth-order valence-corrected chi connectivity index (χ4v) is 20.7. The molecule has 5 aromatic rings. The number of hydrogen-bond donors (Lipinski definition) is 7. The van der Waals surface area contributed by atoms with Crippen LogP contribution in [0.2, 0.25) is 0 Å². The first-order chi connectivity index (χ1) is 42.3. The predicted molar refractivity (Wildman–Crippen MR) is 323 cm³/mol. The second-order valence-electron chi connectivity index (χ2n) is 28.7. The number of allylic oxidation sites excluding steroid dienone is 2. The molecule has 4 aliphatic heterocycles. The number of amides is 1. The highest BCUT2D eigenvalue weighted by atomic mass is 16.7. The minimum atomic E-state index is -2.49. The number of aromatic hydroxyl groups is 1. The van der Waals surface area contributed by atoms with Crippen LogP contribution in [0.4, 0.5) is 0 Å². The van der Waals surface area contributed by atoms with E-state index in [0.717, 1.165) is 159 Å². The van der Waals surface area contributed by atoms with Gasteiger partial charge in [0.25, 0.3) is 5.91 Å². The maximum Gasteiger partial charge on any atom is 0.254 e. The van der Waals surface area contributed by atoms with Crippen molar-refractivity contribution in [2.24, 2.45) is 29.1 Å². The van der Waals surface area contributed by atoms with Crippen LogP contribution in [0, 0.1) is 41.1 Å². The Labute approximate surface area is 506 Å². The highest BCUT2D eigenvalue weighted by Gasteiger charge is 2.63. The third-order valence-corrected chi connectivity index (χ3v) is 24.4. The van der Waals surface area contributed by atoms with E-state index >= 15 is 4.79 Å². The second kappa shape index (κ2) is 19.9. The molecular weight excluding hydrogens is 1100 g/mol. The number of aliphatic hydroxyl groups excluding tert-OH is 3. The van der Waals surface area contributed by atoms with Crippen molar-refractivity contribution in [2.75, 3.05) is 33.5 Å². The summed E-state index contributed by atoms with van der Waals surface area (Å²) in [5.74, 6) is 3.87. The number of methoxy groups -OCH3 is 1. The lowest BCUT2D eigenvalue weighted by atomic mass is 9.54. The second-order valence-corrected chi connectivity index (χ2v) is 28.7. The van der Waals surface area contributed by atoms with Gasteiger partial charge in [0.1, 0.15) is 41.7 Å². The van der Waals surface area contributed by atoms with Gasteiger partial charge in [-0.15, -0.1) is 0 Å². The molecule has 1 saturated heterocycles. The molecule has 8 aliphatic carbocycles. The van der Waals surface area contributed by atoms with Crippen LogP contribution >= 0.6 is 0 Å². The maximum absolute atomic E-state index is 15.7. The number of aliphatic hydroxyl groups is 5. The summed E-state index contributed by atoms with van der Waals surface area (Å²) >= 11 is 0. The number of carbonyl (C=O) groups excluding carboxylic acids is 2. The summed E-state index contributed by atoms with van der Waals surface area (Å²) in [4.78, 5) is 35.4. The standard InChI is InChI=1S/C72H78N2O13/c1-83-64-46-15-14-40-25-39-9-3-12-44(39)57-55(40)58(46)60-63(79)59(57)52(77)33-74-32-50-38(8-2-13-45(50)67(74)80)10-6-24-84-66-62(78)54-34-85-53(17-16-47(64)65(60)87-68(86-54)72(66,82)36-76)49-31-73-51-26-41-19-22-70-35-71(81)20-4-11-42(71)27-43(70)29-69(30-48(56(49)51)61(41)70)21-18-37(28-69)7-5-23-75/h2,8,13,16-17,25-26,31,37,39,42-44,53-54,62,66,68,73,75-76,78-79,81-82H,3-5,7,9-12,14-15,18-23,27-30,32-36H2,1H3/b17-16+/t37-,39-,42-,43+,44-,53+,54+,62+,66-,68+,69+,70+,71-,72+/m0/s1. The number of Topliss-reactive ketones (excluding diaryl/α,β-unsaturated/α-hetero) is 1. The Morgan fingerprint density at radius 1 is 0.920 bits per heavy atom. The normalized spacial score (nSPS) is 36.1. The molecule has 2 spiro atoms. The molecular formula is C72H78N2O13. The van der Waals surface area contributed by atoms with Crippen molar-refractivity contribution >= 4 is 45.0 Å². The smallest absolute Gasteiger partial charge is 0.254 e. The zero-order chi connectivity index (χ0) is 59.0. The lowest BCUT2D eigenvalue weighted by molar-refractivity contribution is -0.328. The summed E-state index contributed by atoms with van der Waals surface area (Å²) < 4.78 is 34.1. The lowest BCUT2D eigenvalue weighted by Gasteiger charge is -2.52.